The summed E-state index contributed by atoms with van der Waals surface area (Å²) in [6.45, 7) is 0. The van der Waals surface area contributed by atoms with Crippen LogP contribution in [0.5, 0.6) is 0 Å². The maximum atomic E-state index is 6.02. The molecule has 1 aromatic carbocycles. The number of benzene rings is 1. The number of rotatable bonds is 1. The van der Waals surface area contributed by atoms with Gasteiger partial charge in [0.1, 0.15) is 10.5 Å². The van der Waals surface area contributed by atoms with Crippen molar-refractivity contribution in [2.24, 2.45) is 0 Å². The van der Waals surface area contributed by atoms with Gasteiger partial charge in [-0.1, -0.05) is 23.7 Å². The monoisotopic (exact) mass is 372 g/mol. The first-order valence-corrected chi connectivity index (χ1v) is 7.18. The van der Waals surface area contributed by atoms with Gasteiger partial charge < -0.3 is 0 Å². The molecule has 0 aliphatic rings. The van der Waals surface area contributed by atoms with Gasteiger partial charge >= 0.3 is 0 Å². The highest BCUT2D eigenvalue weighted by Crippen LogP contribution is 2.32. The molecular weight excluding hydrogens is 367 g/mol. The van der Waals surface area contributed by atoms with Crippen LogP contribution in [0.1, 0.15) is 0 Å². The van der Waals surface area contributed by atoms with Gasteiger partial charge in [-0.25, -0.2) is 9.97 Å². The fourth-order valence-corrected chi connectivity index (χ4v) is 3.33. The summed E-state index contributed by atoms with van der Waals surface area (Å²) in [7, 11) is 0. The van der Waals surface area contributed by atoms with E-state index in [1.165, 1.54) is 3.57 Å². The first kappa shape index (κ1) is 11.4. The Balaban J connectivity index is 2.22. The quantitative estimate of drug-likeness (QED) is 0.460. The molecule has 5 heteroatoms. The van der Waals surface area contributed by atoms with Crippen molar-refractivity contribution in [3.05, 3.63) is 45.3 Å². The Morgan fingerprint density at radius 2 is 2.12 bits per heavy atom. The summed E-state index contributed by atoms with van der Waals surface area (Å²) in [6.07, 6.45) is 1.71. The lowest BCUT2D eigenvalue weighted by molar-refractivity contribution is 1.34. The number of hydrogen-bond acceptors (Lipinski definition) is 3. The lowest BCUT2D eigenvalue weighted by atomic mass is 10.2. The molecule has 0 aliphatic carbocycles. The molecule has 0 unspecified atom stereocenters. The third kappa shape index (κ3) is 2.17. The van der Waals surface area contributed by atoms with E-state index >= 15 is 0 Å². The number of aromatic nitrogens is 2. The molecule has 2 nitrogen and oxygen atoms in total. The molecule has 0 spiro atoms. The number of pyridine rings is 1. The SMILES string of the molecule is Clc1nccc2sc(-c3cccc(I)c3)nc12. The second-order valence-electron chi connectivity index (χ2n) is 3.48. The van der Waals surface area contributed by atoms with Crippen LogP contribution < -0.4 is 0 Å². The van der Waals surface area contributed by atoms with Gasteiger partial charge in [-0.05, 0) is 40.8 Å². The van der Waals surface area contributed by atoms with Crippen molar-refractivity contribution in [1.29, 1.82) is 0 Å². The molecule has 0 saturated carbocycles. The molecular formula is C12H6ClIN2S. The summed E-state index contributed by atoms with van der Waals surface area (Å²) in [5.74, 6) is 0. The molecule has 2 heterocycles. The normalized spacial score (nSPS) is 10.9. The molecule has 0 fully saturated rings. The lowest BCUT2D eigenvalue weighted by Gasteiger charge is -1.95. The third-order valence-corrected chi connectivity index (χ3v) is 4.35. The van der Waals surface area contributed by atoms with Crippen molar-refractivity contribution in [3.63, 3.8) is 0 Å². The van der Waals surface area contributed by atoms with E-state index in [1.807, 2.05) is 12.1 Å². The van der Waals surface area contributed by atoms with Crippen molar-refractivity contribution in [1.82, 2.24) is 9.97 Å². The number of fused-ring (bicyclic) bond motifs is 1. The van der Waals surface area contributed by atoms with Crippen LogP contribution in [-0.4, -0.2) is 9.97 Å². The number of hydrogen-bond donors (Lipinski definition) is 0. The van der Waals surface area contributed by atoms with E-state index in [2.05, 4.69) is 50.8 Å². The maximum Gasteiger partial charge on any atom is 0.156 e. The standard InChI is InChI=1S/C12H6ClIN2S/c13-11-10-9(4-5-15-11)17-12(16-10)7-2-1-3-8(14)6-7/h1-6H. The first-order valence-electron chi connectivity index (χ1n) is 4.91. The summed E-state index contributed by atoms with van der Waals surface area (Å²) in [6, 6.07) is 10.2. The Labute approximate surface area is 121 Å². The van der Waals surface area contributed by atoms with E-state index in [1.54, 1.807) is 17.5 Å². The van der Waals surface area contributed by atoms with E-state index in [0.717, 1.165) is 20.8 Å². The van der Waals surface area contributed by atoms with E-state index in [0.29, 0.717) is 5.15 Å². The highest BCUT2D eigenvalue weighted by molar-refractivity contribution is 14.1. The van der Waals surface area contributed by atoms with Gasteiger partial charge in [0, 0.05) is 15.3 Å². The average molecular weight is 373 g/mol. The minimum atomic E-state index is 0.468. The smallest absolute Gasteiger partial charge is 0.156 e. The molecule has 0 aliphatic heterocycles. The number of thiazole rings is 1. The summed E-state index contributed by atoms with van der Waals surface area (Å²) < 4.78 is 2.27. The van der Waals surface area contributed by atoms with Crippen LogP contribution in [0.3, 0.4) is 0 Å². The Morgan fingerprint density at radius 1 is 1.24 bits per heavy atom. The minimum Gasteiger partial charge on any atom is -0.242 e. The van der Waals surface area contributed by atoms with Crippen molar-refractivity contribution in [3.8, 4) is 10.6 Å². The molecule has 0 saturated heterocycles. The summed E-state index contributed by atoms with van der Waals surface area (Å²) in [4.78, 5) is 8.58. The van der Waals surface area contributed by atoms with E-state index < -0.39 is 0 Å². The topological polar surface area (TPSA) is 25.8 Å². The van der Waals surface area contributed by atoms with Crippen LogP contribution in [0.2, 0.25) is 5.15 Å². The summed E-state index contributed by atoms with van der Waals surface area (Å²) in [5.41, 5.74) is 1.90. The molecule has 3 rings (SSSR count). The Hall–Kier alpha value is -0.720. The second kappa shape index (κ2) is 4.51. The fourth-order valence-electron chi connectivity index (χ4n) is 1.57. The van der Waals surface area contributed by atoms with Gasteiger partial charge in [-0.3, -0.25) is 0 Å². The summed E-state index contributed by atoms with van der Waals surface area (Å²) in [5, 5.41) is 1.45. The van der Waals surface area contributed by atoms with Crippen LogP contribution in [0.15, 0.2) is 36.5 Å². The predicted molar refractivity (Wildman–Crippen MR) is 80.6 cm³/mol. The van der Waals surface area contributed by atoms with E-state index in [-0.39, 0.29) is 0 Å². The number of halogens is 2. The number of nitrogens with zero attached hydrogens (tertiary/aromatic N) is 2. The molecule has 0 atom stereocenters. The third-order valence-electron chi connectivity index (χ3n) is 2.33. The lowest BCUT2D eigenvalue weighted by Crippen LogP contribution is -1.78. The average Bonchev–Trinajstić information content (AvgIpc) is 2.74. The van der Waals surface area contributed by atoms with Crippen molar-refractivity contribution < 1.29 is 0 Å². The largest absolute Gasteiger partial charge is 0.242 e. The molecule has 0 bridgehead atoms. The van der Waals surface area contributed by atoms with Crippen LogP contribution in [0.25, 0.3) is 20.8 Å². The summed E-state index contributed by atoms with van der Waals surface area (Å²) >= 11 is 9.95. The zero-order valence-electron chi connectivity index (χ0n) is 8.52. The molecule has 0 radical (unpaired) electrons. The fraction of sp³-hybridized carbons (Fsp3) is 0. The van der Waals surface area contributed by atoms with Crippen LogP contribution >= 0.6 is 45.5 Å². The molecule has 2 aromatic heterocycles. The maximum absolute atomic E-state index is 6.02. The predicted octanol–water partition coefficient (Wildman–Crippen LogP) is 4.62. The van der Waals surface area contributed by atoms with E-state index in [4.69, 9.17) is 11.6 Å². The van der Waals surface area contributed by atoms with Crippen molar-refractivity contribution in [2.45, 2.75) is 0 Å². The van der Waals surface area contributed by atoms with Crippen molar-refractivity contribution >= 4 is 55.7 Å². The zero-order valence-corrected chi connectivity index (χ0v) is 12.3. The van der Waals surface area contributed by atoms with Crippen molar-refractivity contribution in [2.75, 3.05) is 0 Å². The van der Waals surface area contributed by atoms with Crippen LogP contribution in [0.4, 0.5) is 0 Å². The molecule has 3 aromatic rings. The van der Waals surface area contributed by atoms with Crippen LogP contribution in [0, 0.1) is 3.57 Å². The molecule has 84 valence electrons. The Kier molecular flexibility index (Phi) is 3.02. The second-order valence-corrected chi connectivity index (χ2v) is 6.11. The van der Waals surface area contributed by atoms with Gasteiger partial charge in [-0.2, -0.15) is 0 Å². The zero-order chi connectivity index (χ0) is 11.8. The van der Waals surface area contributed by atoms with Gasteiger partial charge in [-0.15, -0.1) is 11.3 Å². The van der Waals surface area contributed by atoms with Gasteiger partial charge in [0.2, 0.25) is 0 Å². The first-order chi connectivity index (χ1) is 8.24. The molecule has 0 N–H and O–H groups in total. The molecule has 17 heavy (non-hydrogen) atoms. The minimum absolute atomic E-state index is 0.468. The van der Waals surface area contributed by atoms with Gasteiger partial charge in [0.15, 0.2) is 5.15 Å². The molecule has 0 amide bonds. The highest BCUT2D eigenvalue weighted by Gasteiger charge is 2.09. The van der Waals surface area contributed by atoms with Gasteiger partial charge in [0.25, 0.3) is 0 Å². The Bertz CT molecular complexity index is 696. The van der Waals surface area contributed by atoms with Gasteiger partial charge in [0.05, 0.1) is 4.70 Å². The highest BCUT2D eigenvalue weighted by atomic mass is 127. The Morgan fingerprint density at radius 3 is 2.88 bits per heavy atom. The van der Waals surface area contributed by atoms with E-state index in [9.17, 15) is 0 Å². The van der Waals surface area contributed by atoms with Crippen LogP contribution in [-0.2, 0) is 0 Å².